The molecule has 1 aliphatic heterocycles. The lowest BCUT2D eigenvalue weighted by Gasteiger charge is -2.36. The maximum absolute atomic E-state index is 13.0. The van der Waals surface area contributed by atoms with Crippen LogP contribution in [0.1, 0.15) is 11.3 Å². The highest BCUT2D eigenvalue weighted by molar-refractivity contribution is 7.92. The fourth-order valence-electron chi connectivity index (χ4n) is 4.42. The maximum atomic E-state index is 13.0. The van der Waals surface area contributed by atoms with Crippen LogP contribution < -0.4 is 9.62 Å². The number of carbonyl (C=O) groups excluding carboxylic acids is 1. The van der Waals surface area contributed by atoms with Gasteiger partial charge in [0.15, 0.2) is 0 Å². The minimum atomic E-state index is -3.74. The third-order valence-electron chi connectivity index (χ3n) is 6.32. The Labute approximate surface area is 203 Å². The normalized spacial score (nSPS) is 14.3. The summed E-state index contributed by atoms with van der Waals surface area (Å²) in [4.78, 5) is 28.3. The van der Waals surface area contributed by atoms with Crippen LogP contribution in [0.2, 0.25) is 0 Å². The standard InChI is InChI=1S/C25H26N6O3S/c1-18-22(21-4-2-3-5-23(21)28-18)16-25(32)31-14-12-30(13-15-31)19-6-8-20(9-7-19)35(33,34)29-24-10-11-26-17-27-24/h2-11,17,28H,12-16H2,1H3,(H,26,27,29). The zero-order valence-electron chi connectivity index (χ0n) is 19.3. The van der Waals surface area contributed by atoms with Gasteiger partial charge in [-0.05, 0) is 48.9 Å². The molecule has 0 bridgehead atoms. The summed E-state index contributed by atoms with van der Waals surface area (Å²) < 4.78 is 27.7. The number of carbonyl (C=O) groups is 1. The molecule has 2 aromatic heterocycles. The number of sulfonamides is 1. The first-order valence-electron chi connectivity index (χ1n) is 11.4. The van der Waals surface area contributed by atoms with E-state index in [0.717, 1.165) is 27.8 Å². The summed E-state index contributed by atoms with van der Waals surface area (Å²) in [5.41, 5.74) is 4.06. The van der Waals surface area contributed by atoms with Crippen molar-refractivity contribution in [2.45, 2.75) is 18.2 Å². The molecule has 5 rings (SSSR count). The van der Waals surface area contributed by atoms with Gasteiger partial charge in [0.25, 0.3) is 10.0 Å². The van der Waals surface area contributed by atoms with Crippen molar-refractivity contribution in [3.8, 4) is 0 Å². The predicted octanol–water partition coefficient (Wildman–Crippen LogP) is 2.96. The Morgan fingerprint density at radius 3 is 2.49 bits per heavy atom. The fraction of sp³-hybridized carbons (Fsp3) is 0.240. The van der Waals surface area contributed by atoms with Gasteiger partial charge in [-0.15, -0.1) is 0 Å². The zero-order valence-corrected chi connectivity index (χ0v) is 20.1. The third kappa shape index (κ3) is 4.83. The molecule has 2 N–H and O–H groups in total. The van der Waals surface area contributed by atoms with Gasteiger partial charge in [0.05, 0.1) is 11.3 Å². The molecule has 2 aromatic carbocycles. The van der Waals surface area contributed by atoms with Crippen LogP contribution in [0.15, 0.2) is 72.0 Å². The van der Waals surface area contributed by atoms with E-state index in [1.165, 1.54) is 18.6 Å². The highest BCUT2D eigenvalue weighted by atomic mass is 32.2. The minimum absolute atomic E-state index is 0.120. The lowest BCUT2D eigenvalue weighted by atomic mass is 10.1. The number of piperazine rings is 1. The number of nitrogens with one attached hydrogen (secondary N) is 2. The number of hydrogen-bond donors (Lipinski definition) is 2. The number of aromatic amines is 1. The van der Waals surface area contributed by atoms with Gasteiger partial charge >= 0.3 is 0 Å². The van der Waals surface area contributed by atoms with Crippen molar-refractivity contribution in [3.63, 3.8) is 0 Å². The van der Waals surface area contributed by atoms with E-state index < -0.39 is 10.0 Å². The van der Waals surface area contributed by atoms with E-state index in [-0.39, 0.29) is 16.6 Å². The molecule has 0 atom stereocenters. The first-order chi connectivity index (χ1) is 16.9. The first-order valence-corrected chi connectivity index (χ1v) is 12.9. The molecule has 35 heavy (non-hydrogen) atoms. The number of H-pyrrole nitrogens is 1. The smallest absolute Gasteiger partial charge is 0.263 e. The Bertz CT molecular complexity index is 1440. The highest BCUT2D eigenvalue weighted by Gasteiger charge is 2.23. The van der Waals surface area contributed by atoms with Crippen LogP contribution in [-0.2, 0) is 21.2 Å². The molecule has 3 heterocycles. The third-order valence-corrected chi connectivity index (χ3v) is 7.69. The number of nitrogens with zero attached hydrogens (tertiary/aromatic N) is 4. The van der Waals surface area contributed by atoms with Crippen LogP contribution in [0.25, 0.3) is 10.9 Å². The van der Waals surface area contributed by atoms with Crippen molar-refractivity contribution in [3.05, 3.63) is 78.4 Å². The van der Waals surface area contributed by atoms with Gasteiger partial charge in [0.1, 0.15) is 12.1 Å². The van der Waals surface area contributed by atoms with Crippen LogP contribution >= 0.6 is 0 Å². The number of benzene rings is 2. The van der Waals surface area contributed by atoms with Crippen molar-refractivity contribution in [1.82, 2.24) is 19.9 Å². The molecule has 1 aliphatic rings. The van der Waals surface area contributed by atoms with Crippen LogP contribution in [0.5, 0.6) is 0 Å². The van der Waals surface area contributed by atoms with Crippen molar-refractivity contribution in [1.29, 1.82) is 0 Å². The molecule has 10 heteroatoms. The number of hydrogen-bond acceptors (Lipinski definition) is 6. The Kier molecular flexibility index (Phi) is 6.12. The van der Waals surface area contributed by atoms with Crippen molar-refractivity contribution < 1.29 is 13.2 Å². The molecule has 1 fully saturated rings. The maximum Gasteiger partial charge on any atom is 0.263 e. The minimum Gasteiger partial charge on any atom is -0.368 e. The summed E-state index contributed by atoms with van der Waals surface area (Å²) in [7, 11) is -3.74. The van der Waals surface area contributed by atoms with Crippen molar-refractivity contribution in [2.75, 3.05) is 35.8 Å². The number of amides is 1. The molecule has 0 saturated carbocycles. The Balaban J connectivity index is 1.20. The molecular weight excluding hydrogens is 464 g/mol. The molecule has 9 nitrogen and oxygen atoms in total. The van der Waals surface area contributed by atoms with Gasteiger partial charge in [-0.1, -0.05) is 18.2 Å². The molecule has 1 amide bonds. The molecule has 4 aromatic rings. The number of anilines is 2. The first kappa shape index (κ1) is 22.9. The largest absolute Gasteiger partial charge is 0.368 e. The van der Waals surface area contributed by atoms with Gasteiger partial charge in [-0.2, -0.15) is 0 Å². The summed E-state index contributed by atoms with van der Waals surface area (Å²) in [5.74, 6) is 0.336. The van der Waals surface area contributed by atoms with Gasteiger partial charge in [-0.3, -0.25) is 9.52 Å². The molecule has 1 saturated heterocycles. The van der Waals surface area contributed by atoms with E-state index in [2.05, 4.69) is 24.6 Å². The van der Waals surface area contributed by atoms with E-state index in [0.29, 0.717) is 32.6 Å². The number of rotatable bonds is 6. The van der Waals surface area contributed by atoms with Gasteiger partial charge in [0.2, 0.25) is 5.91 Å². The van der Waals surface area contributed by atoms with E-state index in [1.54, 1.807) is 24.3 Å². The number of para-hydroxylation sites is 1. The SMILES string of the molecule is Cc1[nH]c2ccccc2c1CC(=O)N1CCN(c2ccc(S(=O)(=O)Nc3ccncn3)cc2)CC1. The average Bonchev–Trinajstić information content (AvgIpc) is 3.19. The topological polar surface area (TPSA) is 111 Å². The second-order valence-corrected chi connectivity index (χ2v) is 10.2. The van der Waals surface area contributed by atoms with Crippen LogP contribution in [0.3, 0.4) is 0 Å². The quantitative estimate of drug-likeness (QED) is 0.430. The molecule has 180 valence electrons. The Morgan fingerprint density at radius 2 is 1.77 bits per heavy atom. The summed E-state index contributed by atoms with van der Waals surface area (Å²) in [5, 5.41) is 1.10. The highest BCUT2D eigenvalue weighted by Crippen LogP contribution is 2.24. The van der Waals surface area contributed by atoms with Crippen LogP contribution in [-0.4, -0.2) is 60.4 Å². The summed E-state index contributed by atoms with van der Waals surface area (Å²) in [6.07, 6.45) is 3.13. The lowest BCUT2D eigenvalue weighted by molar-refractivity contribution is -0.130. The molecule has 0 spiro atoms. The lowest BCUT2D eigenvalue weighted by Crippen LogP contribution is -2.49. The number of aromatic nitrogens is 3. The Morgan fingerprint density at radius 1 is 1.03 bits per heavy atom. The molecular formula is C25H26N6O3S. The van der Waals surface area contributed by atoms with Gasteiger partial charge < -0.3 is 14.8 Å². The van der Waals surface area contributed by atoms with E-state index in [9.17, 15) is 13.2 Å². The van der Waals surface area contributed by atoms with E-state index >= 15 is 0 Å². The summed E-state index contributed by atoms with van der Waals surface area (Å²) >= 11 is 0. The average molecular weight is 491 g/mol. The van der Waals surface area contributed by atoms with Crippen LogP contribution in [0.4, 0.5) is 11.5 Å². The molecule has 0 radical (unpaired) electrons. The fourth-order valence-corrected chi connectivity index (χ4v) is 5.43. The van der Waals surface area contributed by atoms with Crippen molar-refractivity contribution >= 4 is 38.3 Å². The summed E-state index contributed by atoms with van der Waals surface area (Å²) in [6, 6.07) is 16.3. The summed E-state index contributed by atoms with van der Waals surface area (Å²) in [6.45, 7) is 4.62. The van der Waals surface area contributed by atoms with E-state index in [1.807, 2.05) is 36.1 Å². The van der Waals surface area contributed by atoms with Gasteiger partial charge in [-0.25, -0.2) is 18.4 Å². The zero-order chi connectivity index (χ0) is 24.4. The van der Waals surface area contributed by atoms with Crippen molar-refractivity contribution in [2.24, 2.45) is 0 Å². The molecule has 0 aliphatic carbocycles. The number of aryl methyl sites for hydroxylation is 1. The monoisotopic (exact) mass is 490 g/mol. The number of fused-ring (bicyclic) bond motifs is 1. The molecule has 0 unspecified atom stereocenters. The van der Waals surface area contributed by atoms with E-state index in [4.69, 9.17) is 0 Å². The van der Waals surface area contributed by atoms with Gasteiger partial charge in [0, 0.05) is 54.7 Å². The van der Waals surface area contributed by atoms with Crippen LogP contribution in [0, 0.1) is 6.92 Å². The second-order valence-electron chi connectivity index (χ2n) is 8.51. The second kappa shape index (κ2) is 9.38. The predicted molar refractivity (Wildman–Crippen MR) is 135 cm³/mol. The Hall–Kier alpha value is -3.92.